The summed E-state index contributed by atoms with van der Waals surface area (Å²) >= 11 is 0. The van der Waals surface area contributed by atoms with Gasteiger partial charge in [-0.05, 0) is 18.6 Å². The molecule has 0 aliphatic carbocycles. The highest BCUT2D eigenvalue weighted by molar-refractivity contribution is 5.90. The van der Waals surface area contributed by atoms with Gasteiger partial charge in [-0.2, -0.15) is 0 Å². The summed E-state index contributed by atoms with van der Waals surface area (Å²) in [7, 11) is 3.15. The second-order valence-corrected chi connectivity index (χ2v) is 5.13. The minimum atomic E-state index is -0.287. The van der Waals surface area contributed by atoms with Crippen LogP contribution in [0.5, 0.6) is 11.5 Å². The number of para-hydroxylation sites is 1. The van der Waals surface area contributed by atoms with Crippen LogP contribution in [0.3, 0.4) is 0 Å². The number of nitrogens with zero attached hydrogens (tertiary/aromatic N) is 1. The van der Waals surface area contributed by atoms with Crippen LogP contribution in [0.25, 0.3) is 0 Å². The lowest BCUT2D eigenvalue weighted by Crippen LogP contribution is -2.46. The van der Waals surface area contributed by atoms with E-state index >= 15 is 0 Å². The first-order valence-electron chi connectivity index (χ1n) is 7.00. The summed E-state index contributed by atoms with van der Waals surface area (Å²) in [5, 5.41) is 2.87. The number of benzene rings is 1. The maximum atomic E-state index is 12.0. The van der Waals surface area contributed by atoms with Gasteiger partial charge in [0.2, 0.25) is 11.8 Å². The largest absolute Gasteiger partial charge is 0.493 e. The van der Waals surface area contributed by atoms with Gasteiger partial charge < -0.3 is 19.7 Å². The number of rotatable bonds is 5. The molecule has 0 fully saturated rings. The van der Waals surface area contributed by atoms with Crippen molar-refractivity contribution in [1.29, 1.82) is 0 Å². The lowest BCUT2D eigenvalue weighted by atomic mass is 10.0. The second-order valence-electron chi connectivity index (χ2n) is 5.13. The second kappa shape index (κ2) is 6.98. The first-order chi connectivity index (χ1) is 10.5. The Labute approximate surface area is 129 Å². The number of likely N-dealkylation sites (N-methyl/N-ethyl adjacent to an activating group) is 1. The standard InChI is InChI=1S/C16H20N2O4/c1-4-15(20)18(2)9-14(19)17-12-8-11-6-5-7-13(21-3)16(11)22-10-12/h4-7,12H,1,8-10H2,2-3H3,(H,17,19). The van der Waals surface area contributed by atoms with Crippen molar-refractivity contribution in [3.63, 3.8) is 0 Å². The first-order valence-corrected chi connectivity index (χ1v) is 7.00. The molecule has 118 valence electrons. The summed E-state index contributed by atoms with van der Waals surface area (Å²) in [6.07, 6.45) is 1.84. The third-order valence-corrected chi connectivity index (χ3v) is 3.47. The Balaban J connectivity index is 1.94. The summed E-state index contributed by atoms with van der Waals surface area (Å²) < 4.78 is 11.0. The van der Waals surface area contributed by atoms with Crippen molar-refractivity contribution in [2.75, 3.05) is 27.3 Å². The average molecular weight is 304 g/mol. The number of hydrogen-bond acceptors (Lipinski definition) is 4. The van der Waals surface area contributed by atoms with Crippen molar-refractivity contribution in [1.82, 2.24) is 10.2 Å². The number of ether oxygens (including phenoxy) is 2. The van der Waals surface area contributed by atoms with Crippen LogP contribution in [0, 0.1) is 0 Å². The SMILES string of the molecule is C=CC(=O)N(C)CC(=O)NC1COc2c(cccc2OC)C1. The van der Waals surface area contributed by atoms with Crippen LogP contribution in [0.4, 0.5) is 0 Å². The van der Waals surface area contributed by atoms with Gasteiger partial charge in [0.15, 0.2) is 11.5 Å². The number of nitrogens with one attached hydrogen (secondary N) is 1. The summed E-state index contributed by atoms with van der Waals surface area (Å²) in [5.41, 5.74) is 0.992. The van der Waals surface area contributed by atoms with Gasteiger partial charge in [0.1, 0.15) is 6.61 Å². The molecule has 1 aliphatic rings. The smallest absolute Gasteiger partial charge is 0.246 e. The molecule has 2 amide bonds. The Morgan fingerprint density at radius 3 is 3.00 bits per heavy atom. The van der Waals surface area contributed by atoms with Crippen LogP contribution >= 0.6 is 0 Å². The van der Waals surface area contributed by atoms with Gasteiger partial charge in [0.25, 0.3) is 0 Å². The molecule has 6 heteroatoms. The van der Waals surface area contributed by atoms with E-state index in [2.05, 4.69) is 11.9 Å². The molecule has 1 N–H and O–H groups in total. The third kappa shape index (κ3) is 3.58. The number of carbonyl (C=O) groups is 2. The lowest BCUT2D eigenvalue weighted by molar-refractivity contribution is -0.131. The van der Waals surface area contributed by atoms with E-state index in [-0.39, 0.29) is 24.4 Å². The average Bonchev–Trinajstić information content (AvgIpc) is 2.52. The van der Waals surface area contributed by atoms with Gasteiger partial charge in [-0.3, -0.25) is 9.59 Å². The van der Waals surface area contributed by atoms with Crippen LogP contribution in [-0.2, 0) is 16.0 Å². The van der Waals surface area contributed by atoms with Gasteiger partial charge in [0.05, 0.1) is 19.7 Å². The summed E-state index contributed by atoms with van der Waals surface area (Å²) in [4.78, 5) is 24.6. The van der Waals surface area contributed by atoms with Gasteiger partial charge in [-0.1, -0.05) is 18.7 Å². The van der Waals surface area contributed by atoms with Crippen LogP contribution in [-0.4, -0.2) is 50.1 Å². The quantitative estimate of drug-likeness (QED) is 0.816. The fourth-order valence-corrected chi connectivity index (χ4v) is 2.37. The molecule has 0 aromatic heterocycles. The molecule has 1 aromatic carbocycles. The Morgan fingerprint density at radius 2 is 2.32 bits per heavy atom. The van der Waals surface area contributed by atoms with E-state index in [1.165, 1.54) is 11.0 Å². The molecule has 0 saturated heterocycles. The highest BCUT2D eigenvalue weighted by Crippen LogP contribution is 2.34. The van der Waals surface area contributed by atoms with E-state index < -0.39 is 0 Å². The molecular weight excluding hydrogens is 284 g/mol. The first kappa shape index (κ1) is 15.9. The number of hydrogen-bond donors (Lipinski definition) is 1. The maximum absolute atomic E-state index is 12.0. The molecular formula is C16H20N2O4. The Hall–Kier alpha value is -2.50. The number of methoxy groups -OCH3 is 1. The predicted octanol–water partition coefficient (Wildman–Crippen LogP) is 0.759. The Bertz CT molecular complexity index is 586. The summed E-state index contributed by atoms with van der Waals surface area (Å²) in [6, 6.07) is 5.55. The van der Waals surface area contributed by atoms with E-state index in [0.29, 0.717) is 18.8 Å². The Kier molecular flexibility index (Phi) is 5.04. The molecule has 1 atom stereocenters. The maximum Gasteiger partial charge on any atom is 0.246 e. The minimum Gasteiger partial charge on any atom is -0.493 e. The number of amides is 2. The molecule has 1 aromatic rings. The molecule has 22 heavy (non-hydrogen) atoms. The molecule has 0 bridgehead atoms. The van der Waals surface area contributed by atoms with E-state index in [4.69, 9.17) is 9.47 Å². The van der Waals surface area contributed by atoms with Gasteiger partial charge in [0, 0.05) is 12.6 Å². The van der Waals surface area contributed by atoms with Crippen LogP contribution in [0.1, 0.15) is 5.56 Å². The van der Waals surface area contributed by atoms with Crippen molar-refractivity contribution in [2.24, 2.45) is 0 Å². The summed E-state index contributed by atoms with van der Waals surface area (Å²) in [5.74, 6) is 0.913. The van der Waals surface area contributed by atoms with Crippen LogP contribution < -0.4 is 14.8 Å². The fourth-order valence-electron chi connectivity index (χ4n) is 2.37. The monoisotopic (exact) mass is 304 g/mol. The molecule has 1 heterocycles. The van der Waals surface area contributed by atoms with Crippen molar-refractivity contribution < 1.29 is 19.1 Å². The zero-order valence-corrected chi connectivity index (χ0v) is 12.8. The van der Waals surface area contributed by atoms with Gasteiger partial charge in [-0.25, -0.2) is 0 Å². The van der Waals surface area contributed by atoms with Crippen molar-refractivity contribution in [3.8, 4) is 11.5 Å². The molecule has 2 rings (SSSR count). The highest BCUT2D eigenvalue weighted by atomic mass is 16.5. The fraction of sp³-hybridized carbons (Fsp3) is 0.375. The van der Waals surface area contributed by atoms with E-state index in [1.54, 1.807) is 14.2 Å². The molecule has 0 spiro atoms. The number of fused-ring (bicyclic) bond motifs is 1. The topological polar surface area (TPSA) is 67.9 Å². The zero-order valence-electron chi connectivity index (χ0n) is 12.8. The molecule has 1 aliphatic heterocycles. The van der Waals surface area contributed by atoms with Crippen molar-refractivity contribution in [2.45, 2.75) is 12.5 Å². The molecule has 0 radical (unpaired) electrons. The van der Waals surface area contributed by atoms with Crippen molar-refractivity contribution >= 4 is 11.8 Å². The predicted molar refractivity (Wildman–Crippen MR) is 82.0 cm³/mol. The van der Waals surface area contributed by atoms with Gasteiger partial charge in [-0.15, -0.1) is 0 Å². The highest BCUT2D eigenvalue weighted by Gasteiger charge is 2.24. The zero-order chi connectivity index (χ0) is 16.1. The normalized spacial score (nSPS) is 16.0. The Morgan fingerprint density at radius 1 is 1.55 bits per heavy atom. The van der Waals surface area contributed by atoms with Crippen molar-refractivity contribution in [3.05, 3.63) is 36.4 Å². The third-order valence-electron chi connectivity index (χ3n) is 3.47. The molecule has 0 saturated carbocycles. The van der Waals surface area contributed by atoms with Gasteiger partial charge >= 0.3 is 0 Å². The minimum absolute atomic E-state index is 0.00762. The van der Waals surface area contributed by atoms with E-state index in [1.807, 2.05) is 18.2 Å². The molecule has 1 unspecified atom stereocenters. The lowest BCUT2D eigenvalue weighted by Gasteiger charge is -2.27. The van der Waals surface area contributed by atoms with E-state index in [9.17, 15) is 9.59 Å². The number of carbonyl (C=O) groups excluding carboxylic acids is 2. The van der Waals surface area contributed by atoms with Crippen LogP contribution in [0.2, 0.25) is 0 Å². The van der Waals surface area contributed by atoms with Crippen LogP contribution in [0.15, 0.2) is 30.9 Å². The molecule has 6 nitrogen and oxygen atoms in total. The summed E-state index contributed by atoms with van der Waals surface area (Å²) in [6.45, 7) is 3.76. The van der Waals surface area contributed by atoms with E-state index in [0.717, 1.165) is 11.3 Å².